The van der Waals surface area contributed by atoms with Gasteiger partial charge in [-0.1, -0.05) is 0 Å². The van der Waals surface area contributed by atoms with Crippen molar-refractivity contribution in [3.8, 4) is 5.75 Å². The van der Waals surface area contributed by atoms with Crippen molar-refractivity contribution in [1.82, 2.24) is 9.73 Å². The van der Waals surface area contributed by atoms with Crippen LogP contribution in [0.3, 0.4) is 0 Å². The van der Waals surface area contributed by atoms with Gasteiger partial charge in [0.1, 0.15) is 5.75 Å². The first-order chi connectivity index (χ1) is 15.5. The summed E-state index contributed by atoms with van der Waals surface area (Å²) in [7, 11) is -3.74. The van der Waals surface area contributed by atoms with E-state index in [9.17, 15) is 28.4 Å². The van der Waals surface area contributed by atoms with Crippen molar-refractivity contribution in [3.63, 3.8) is 0 Å². The molecule has 1 aliphatic rings. The van der Waals surface area contributed by atoms with E-state index in [1.54, 1.807) is 13.8 Å². The van der Waals surface area contributed by atoms with Crippen molar-refractivity contribution in [2.75, 3.05) is 13.1 Å². The number of carbonyl (C=O) groups excluding carboxylic acids is 1. The highest BCUT2D eigenvalue weighted by Crippen LogP contribution is 2.31. The number of nitrogens with zero attached hydrogens (tertiary/aromatic N) is 3. The van der Waals surface area contributed by atoms with Crippen LogP contribution in [0.25, 0.3) is 0 Å². The van der Waals surface area contributed by atoms with E-state index in [1.807, 2.05) is 0 Å². The predicted molar refractivity (Wildman–Crippen MR) is 123 cm³/mol. The predicted octanol–water partition coefficient (Wildman–Crippen LogP) is 2.62. The van der Waals surface area contributed by atoms with Crippen LogP contribution < -0.4 is 5.43 Å². The monoisotopic (exact) mass is 540 g/mol. The van der Waals surface area contributed by atoms with Gasteiger partial charge in [0.25, 0.3) is 11.6 Å². The summed E-state index contributed by atoms with van der Waals surface area (Å²) in [5, 5.41) is 24.7. The number of phenols is 1. The fourth-order valence-corrected chi connectivity index (χ4v) is 5.34. The number of hydrazone groups is 1. The quantitative estimate of drug-likeness (QED) is 0.324. The third-order valence-electron chi connectivity index (χ3n) is 4.80. The molecule has 2 N–H and O–H groups in total. The number of sulfonamides is 1. The minimum Gasteiger partial charge on any atom is -0.506 e. The SMILES string of the molecule is CC1CN(S(=O)(=O)c2ccc(C(=O)N/N=C\c3cc([N+](=O)[O-])cc(Br)c3O)cc2)CC(C)O1. The van der Waals surface area contributed by atoms with Crippen LogP contribution in [0, 0.1) is 10.1 Å². The van der Waals surface area contributed by atoms with E-state index in [1.165, 1.54) is 28.6 Å². The van der Waals surface area contributed by atoms with Crippen LogP contribution in [-0.4, -0.2) is 60.2 Å². The Hall–Kier alpha value is -2.87. The molecule has 2 aromatic carbocycles. The third kappa shape index (κ3) is 5.74. The Balaban J connectivity index is 1.71. The summed E-state index contributed by atoms with van der Waals surface area (Å²) in [6.45, 7) is 4.09. The second-order valence-corrected chi connectivity index (χ2v) is 10.2. The molecule has 0 aromatic heterocycles. The lowest BCUT2D eigenvalue weighted by Gasteiger charge is -2.34. The van der Waals surface area contributed by atoms with E-state index in [-0.39, 0.29) is 57.2 Å². The molecule has 0 radical (unpaired) electrons. The van der Waals surface area contributed by atoms with Crippen LogP contribution in [0.5, 0.6) is 5.75 Å². The molecule has 1 saturated heterocycles. The number of hydrogen-bond acceptors (Lipinski definition) is 8. The Morgan fingerprint density at radius 3 is 2.45 bits per heavy atom. The van der Waals surface area contributed by atoms with Gasteiger partial charge in [0, 0.05) is 36.3 Å². The number of morpholine rings is 1. The molecule has 11 nitrogen and oxygen atoms in total. The number of ether oxygens (including phenoxy) is 1. The Bertz CT molecular complexity index is 1190. The van der Waals surface area contributed by atoms with Crippen molar-refractivity contribution in [3.05, 3.63) is 62.1 Å². The minimum absolute atomic E-state index is 0.0202. The van der Waals surface area contributed by atoms with Crippen LogP contribution in [0.1, 0.15) is 29.8 Å². The van der Waals surface area contributed by atoms with Crippen molar-refractivity contribution < 1.29 is 28.0 Å². The summed E-state index contributed by atoms with van der Waals surface area (Å²) < 4.78 is 32.8. The first-order valence-electron chi connectivity index (χ1n) is 9.75. The molecule has 33 heavy (non-hydrogen) atoms. The normalized spacial score (nSPS) is 19.5. The highest BCUT2D eigenvalue weighted by Gasteiger charge is 2.32. The Morgan fingerprint density at radius 2 is 1.88 bits per heavy atom. The fraction of sp³-hybridized carbons (Fsp3) is 0.300. The average Bonchev–Trinajstić information content (AvgIpc) is 2.75. The molecular formula is C20H21BrN4O7S. The summed E-state index contributed by atoms with van der Waals surface area (Å²) in [5.41, 5.74) is 2.14. The number of hydrogen-bond donors (Lipinski definition) is 2. The topological polar surface area (TPSA) is 151 Å². The first-order valence-corrected chi connectivity index (χ1v) is 12.0. The first kappa shape index (κ1) is 24.8. The van der Waals surface area contributed by atoms with E-state index in [4.69, 9.17) is 4.74 Å². The van der Waals surface area contributed by atoms with Crippen molar-refractivity contribution in [2.24, 2.45) is 5.10 Å². The van der Waals surface area contributed by atoms with Gasteiger partial charge in [-0.2, -0.15) is 9.41 Å². The van der Waals surface area contributed by atoms with E-state index >= 15 is 0 Å². The highest BCUT2D eigenvalue weighted by molar-refractivity contribution is 9.10. The summed E-state index contributed by atoms with van der Waals surface area (Å²) >= 11 is 3.02. The molecule has 13 heteroatoms. The maximum atomic E-state index is 12.9. The van der Waals surface area contributed by atoms with Crippen molar-refractivity contribution in [1.29, 1.82) is 0 Å². The molecule has 0 bridgehead atoms. The number of aromatic hydroxyl groups is 1. The summed E-state index contributed by atoms with van der Waals surface area (Å²) in [4.78, 5) is 22.7. The molecule has 0 saturated carbocycles. The van der Waals surface area contributed by atoms with Crippen LogP contribution >= 0.6 is 15.9 Å². The number of amides is 1. The van der Waals surface area contributed by atoms with Crippen LogP contribution in [0.15, 0.2) is 50.9 Å². The molecular weight excluding hydrogens is 520 g/mol. The molecule has 0 aliphatic carbocycles. The second-order valence-electron chi connectivity index (χ2n) is 7.43. The Morgan fingerprint density at radius 1 is 1.27 bits per heavy atom. The highest BCUT2D eigenvalue weighted by atomic mass is 79.9. The lowest BCUT2D eigenvalue weighted by molar-refractivity contribution is -0.385. The maximum absolute atomic E-state index is 12.9. The number of rotatable bonds is 6. The lowest BCUT2D eigenvalue weighted by Crippen LogP contribution is -2.48. The van der Waals surface area contributed by atoms with Crippen LogP contribution in [0.4, 0.5) is 5.69 Å². The van der Waals surface area contributed by atoms with Crippen molar-refractivity contribution >= 4 is 43.8 Å². The molecule has 176 valence electrons. The average molecular weight is 541 g/mol. The number of nitrogens with one attached hydrogen (secondary N) is 1. The van der Waals surface area contributed by atoms with E-state index < -0.39 is 20.9 Å². The number of benzene rings is 2. The third-order valence-corrected chi connectivity index (χ3v) is 7.25. The standard InChI is InChI=1S/C20H21BrN4O7S/c1-12-10-24(11-13(2)32-12)33(30,31)17-5-3-14(4-6-17)20(27)23-22-9-15-7-16(25(28)29)8-18(21)19(15)26/h3-9,12-13,26H,10-11H2,1-2H3,(H,23,27)/b22-9-. The molecule has 1 fully saturated rings. The smallest absolute Gasteiger partial charge is 0.271 e. The maximum Gasteiger partial charge on any atom is 0.271 e. The van der Waals surface area contributed by atoms with Crippen LogP contribution in [-0.2, 0) is 14.8 Å². The van der Waals surface area contributed by atoms with Gasteiger partial charge in [-0.25, -0.2) is 13.8 Å². The van der Waals surface area contributed by atoms with Gasteiger partial charge in [-0.05, 0) is 54.0 Å². The summed E-state index contributed by atoms with van der Waals surface area (Å²) in [6.07, 6.45) is 0.611. The molecule has 1 aliphatic heterocycles. The van der Waals surface area contributed by atoms with Gasteiger partial charge in [-0.3, -0.25) is 14.9 Å². The molecule has 2 atom stereocenters. The molecule has 1 amide bonds. The zero-order valence-corrected chi connectivity index (χ0v) is 20.0. The van der Waals surface area contributed by atoms with Gasteiger partial charge in [0.2, 0.25) is 10.0 Å². The molecule has 2 unspecified atom stereocenters. The van der Waals surface area contributed by atoms with Crippen molar-refractivity contribution in [2.45, 2.75) is 31.0 Å². The van der Waals surface area contributed by atoms with Gasteiger partial charge in [0.15, 0.2) is 0 Å². The minimum atomic E-state index is -3.74. The number of halogens is 1. The molecule has 2 aromatic rings. The summed E-state index contributed by atoms with van der Waals surface area (Å²) in [6, 6.07) is 7.62. The largest absolute Gasteiger partial charge is 0.506 e. The number of non-ortho nitro benzene ring substituents is 1. The Labute approximate surface area is 198 Å². The Kier molecular flexibility index (Phi) is 7.47. The fourth-order valence-electron chi connectivity index (χ4n) is 3.29. The molecule has 0 spiro atoms. The van der Waals surface area contributed by atoms with E-state index in [0.717, 1.165) is 18.3 Å². The van der Waals surface area contributed by atoms with Crippen LogP contribution in [0.2, 0.25) is 0 Å². The lowest BCUT2D eigenvalue weighted by atomic mass is 10.2. The van der Waals surface area contributed by atoms with E-state index in [0.29, 0.717) is 0 Å². The van der Waals surface area contributed by atoms with Gasteiger partial charge >= 0.3 is 0 Å². The molecule has 3 rings (SSSR count). The number of nitro benzene ring substituents is 1. The second kappa shape index (κ2) is 9.95. The summed E-state index contributed by atoms with van der Waals surface area (Å²) in [5.74, 6) is -0.910. The number of phenolic OH excluding ortho intramolecular Hbond substituents is 1. The van der Waals surface area contributed by atoms with Gasteiger partial charge in [0.05, 0.1) is 32.7 Å². The molecule has 1 heterocycles. The zero-order valence-electron chi connectivity index (χ0n) is 17.6. The van der Waals surface area contributed by atoms with E-state index in [2.05, 4.69) is 26.5 Å². The van der Waals surface area contributed by atoms with Gasteiger partial charge < -0.3 is 9.84 Å². The number of nitro groups is 1. The number of carbonyl (C=O) groups is 1. The van der Waals surface area contributed by atoms with Gasteiger partial charge in [-0.15, -0.1) is 0 Å². The zero-order chi connectivity index (χ0) is 24.3.